The molecule has 0 aliphatic rings. The van der Waals surface area contributed by atoms with Crippen LogP contribution < -0.4 is 0 Å². The number of unbranched alkanes of at least 4 members (excludes halogenated alkanes) is 25. The Hall–Kier alpha value is -1.94. The van der Waals surface area contributed by atoms with Gasteiger partial charge in [-0.15, -0.1) is 0 Å². The first-order valence-electron chi connectivity index (χ1n) is 31.4. The van der Waals surface area contributed by atoms with Crippen LogP contribution in [0.2, 0.25) is 0 Å². The van der Waals surface area contributed by atoms with E-state index in [2.05, 4.69) is 48.5 Å². The third-order valence-corrected chi connectivity index (χ3v) is 15.9. The molecule has 0 heterocycles. The van der Waals surface area contributed by atoms with Crippen LogP contribution in [0.15, 0.2) is 0 Å². The molecule has 0 aromatic rings. The molecule has 79 heavy (non-hydrogen) atoms. The molecule has 0 aliphatic heterocycles. The van der Waals surface area contributed by atoms with Crippen molar-refractivity contribution in [2.45, 2.75) is 304 Å². The molecular formula is C60H116O17P2. The first kappa shape index (κ1) is 77.1. The summed E-state index contributed by atoms with van der Waals surface area (Å²) >= 11 is 0. The van der Waals surface area contributed by atoms with Crippen molar-refractivity contribution in [1.82, 2.24) is 0 Å². The van der Waals surface area contributed by atoms with Gasteiger partial charge < -0.3 is 33.8 Å². The van der Waals surface area contributed by atoms with Crippen molar-refractivity contribution in [3.63, 3.8) is 0 Å². The van der Waals surface area contributed by atoms with Gasteiger partial charge in [-0.1, -0.05) is 235 Å². The summed E-state index contributed by atoms with van der Waals surface area (Å²) in [5.41, 5.74) is 0. The summed E-state index contributed by atoms with van der Waals surface area (Å²) in [6, 6.07) is 0. The molecule has 0 bridgehead atoms. The highest BCUT2D eigenvalue weighted by molar-refractivity contribution is 7.47. The summed E-state index contributed by atoms with van der Waals surface area (Å²) < 4.78 is 67.7. The Labute approximate surface area is 479 Å². The van der Waals surface area contributed by atoms with Crippen LogP contribution in [0.1, 0.15) is 286 Å². The van der Waals surface area contributed by atoms with Gasteiger partial charge in [-0.3, -0.25) is 37.3 Å². The molecular weight excluding hydrogens is 1050 g/mol. The minimum absolute atomic E-state index is 0.101. The van der Waals surface area contributed by atoms with Gasteiger partial charge in [0, 0.05) is 25.7 Å². The molecule has 0 rings (SSSR count). The normalized spacial score (nSPS) is 14.8. The summed E-state index contributed by atoms with van der Waals surface area (Å²) in [5, 5.41) is 10.5. The van der Waals surface area contributed by atoms with Crippen LogP contribution in [-0.4, -0.2) is 96.7 Å². The Morgan fingerprint density at radius 3 is 0.962 bits per heavy atom. The lowest BCUT2D eigenvalue weighted by Gasteiger charge is -2.21. The van der Waals surface area contributed by atoms with E-state index < -0.39 is 97.5 Å². The zero-order valence-corrected chi connectivity index (χ0v) is 52.6. The second kappa shape index (κ2) is 51.7. The van der Waals surface area contributed by atoms with E-state index in [0.717, 1.165) is 115 Å². The van der Waals surface area contributed by atoms with Crippen molar-refractivity contribution < 1.29 is 80.2 Å². The van der Waals surface area contributed by atoms with Gasteiger partial charge in [0.25, 0.3) is 0 Å². The summed E-state index contributed by atoms with van der Waals surface area (Å²) in [4.78, 5) is 71.8. The number of carbonyl (C=O) groups excluding carboxylic acids is 4. The minimum Gasteiger partial charge on any atom is -0.462 e. The number of esters is 4. The molecule has 0 aliphatic carbocycles. The molecule has 0 aromatic carbocycles. The van der Waals surface area contributed by atoms with Crippen molar-refractivity contribution in [3.8, 4) is 0 Å². The fourth-order valence-electron chi connectivity index (χ4n) is 8.74. The number of carbonyl (C=O) groups is 4. The molecule has 3 unspecified atom stereocenters. The van der Waals surface area contributed by atoms with E-state index in [1.807, 2.05) is 0 Å². The molecule has 0 amide bonds. The van der Waals surface area contributed by atoms with E-state index >= 15 is 0 Å². The third kappa shape index (κ3) is 53.8. The van der Waals surface area contributed by atoms with Gasteiger partial charge >= 0.3 is 39.5 Å². The van der Waals surface area contributed by atoms with Crippen LogP contribution in [0.5, 0.6) is 0 Å². The number of hydrogen-bond acceptors (Lipinski definition) is 15. The number of ether oxygens (including phenoxy) is 4. The van der Waals surface area contributed by atoms with E-state index in [1.54, 1.807) is 0 Å². The molecule has 0 saturated heterocycles. The van der Waals surface area contributed by atoms with Crippen molar-refractivity contribution in [2.75, 3.05) is 39.6 Å². The molecule has 0 radical (unpaired) electrons. The number of rotatable bonds is 58. The summed E-state index contributed by atoms with van der Waals surface area (Å²) in [7, 11) is -9.87. The van der Waals surface area contributed by atoms with Gasteiger partial charge in [-0.25, -0.2) is 9.13 Å². The zero-order chi connectivity index (χ0) is 58.8. The van der Waals surface area contributed by atoms with Crippen LogP contribution >= 0.6 is 15.6 Å². The number of phosphoric acid groups is 2. The molecule has 468 valence electrons. The van der Waals surface area contributed by atoms with Gasteiger partial charge in [0.05, 0.1) is 26.4 Å². The summed E-state index contributed by atoms with van der Waals surface area (Å²) in [5.74, 6) is 0.000689. The van der Waals surface area contributed by atoms with E-state index in [4.69, 9.17) is 37.0 Å². The van der Waals surface area contributed by atoms with Crippen molar-refractivity contribution in [2.24, 2.45) is 17.8 Å². The lowest BCUT2D eigenvalue weighted by atomic mass is 9.99. The summed E-state index contributed by atoms with van der Waals surface area (Å²) in [6.07, 6.45) is 31.1. The van der Waals surface area contributed by atoms with Crippen LogP contribution in [0.25, 0.3) is 0 Å². The molecule has 3 N–H and O–H groups in total. The molecule has 6 atom stereocenters. The van der Waals surface area contributed by atoms with Gasteiger partial charge in [0.15, 0.2) is 12.2 Å². The number of aliphatic hydroxyl groups is 1. The SMILES string of the molecule is CCCCCCCCCC(=O)OC[C@H](COP(=O)(O)OC[C@H](O)COP(=O)(O)OC[C@@H](COC(=O)CCCCCCCCC(C)C)OC(=O)CCCCCCCCCCCCC(C)CC)OC(=O)CCCCCCCCC(C)C. The van der Waals surface area contributed by atoms with E-state index in [9.17, 15) is 43.2 Å². The molecule has 19 heteroatoms. The molecule has 17 nitrogen and oxygen atoms in total. The Kier molecular flexibility index (Phi) is 50.4. The maximum Gasteiger partial charge on any atom is 0.472 e. The largest absolute Gasteiger partial charge is 0.472 e. The van der Waals surface area contributed by atoms with Crippen molar-refractivity contribution in [1.29, 1.82) is 0 Å². The van der Waals surface area contributed by atoms with Gasteiger partial charge in [-0.2, -0.15) is 0 Å². The molecule has 0 fully saturated rings. The topological polar surface area (TPSA) is 237 Å². The lowest BCUT2D eigenvalue weighted by molar-refractivity contribution is -0.161. The number of aliphatic hydroxyl groups excluding tert-OH is 1. The van der Waals surface area contributed by atoms with Gasteiger partial charge in [-0.05, 0) is 43.4 Å². The smallest absolute Gasteiger partial charge is 0.462 e. The second-order valence-electron chi connectivity index (χ2n) is 22.9. The van der Waals surface area contributed by atoms with Crippen LogP contribution in [-0.2, 0) is 65.4 Å². The van der Waals surface area contributed by atoms with Crippen LogP contribution in [0.4, 0.5) is 0 Å². The average Bonchev–Trinajstić information content (AvgIpc) is 3.40. The van der Waals surface area contributed by atoms with E-state index in [-0.39, 0.29) is 25.7 Å². The molecule has 0 spiro atoms. The Morgan fingerprint density at radius 2 is 0.646 bits per heavy atom. The molecule has 0 aromatic heterocycles. The van der Waals surface area contributed by atoms with E-state index in [1.165, 1.54) is 77.0 Å². The van der Waals surface area contributed by atoms with Crippen molar-refractivity contribution >= 4 is 39.5 Å². The van der Waals surface area contributed by atoms with Crippen LogP contribution in [0.3, 0.4) is 0 Å². The fourth-order valence-corrected chi connectivity index (χ4v) is 10.3. The predicted octanol–water partition coefficient (Wildman–Crippen LogP) is 15.9. The number of hydrogen-bond donors (Lipinski definition) is 3. The zero-order valence-electron chi connectivity index (χ0n) is 50.8. The average molecular weight is 1170 g/mol. The maximum absolute atomic E-state index is 12.9. The predicted molar refractivity (Wildman–Crippen MR) is 312 cm³/mol. The first-order chi connectivity index (χ1) is 37.8. The highest BCUT2D eigenvalue weighted by atomic mass is 31.2. The van der Waals surface area contributed by atoms with Crippen molar-refractivity contribution in [3.05, 3.63) is 0 Å². The lowest BCUT2D eigenvalue weighted by Crippen LogP contribution is -2.30. The van der Waals surface area contributed by atoms with Gasteiger partial charge in [0.1, 0.15) is 19.3 Å². The monoisotopic (exact) mass is 1170 g/mol. The summed E-state index contributed by atoms with van der Waals surface area (Å²) in [6.45, 7) is 11.6. The van der Waals surface area contributed by atoms with Crippen LogP contribution in [0, 0.1) is 17.8 Å². The third-order valence-electron chi connectivity index (χ3n) is 14.0. The quantitative estimate of drug-likeness (QED) is 0.0222. The fraction of sp³-hybridized carbons (Fsp3) is 0.933. The van der Waals surface area contributed by atoms with E-state index in [0.29, 0.717) is 37.5 Å². The van der Waals surface area contributed by atoms with Gasteiger partial charge in [0.2, 0.25) is 0 Å². The Morgan fingerprint density at radius 1 is 0.367 bits per heavy atom. The maximum atomic E-state index is 12.9. The number of phosphoric ester groups is 2. The Balaban J connectivity index is 5.21. The highest BCUT2D eigenvalue weighted by Gasteiger charge is 2.30. The molecule has 0 saturated carbocycles. The Bertz CT molecular complexity index is 1580. The second-order valence-corrected chi connectivity index (χ2v) is 25.8. The standard InChI is InChI=1S/C60H116O17P2/c1-8-10-11-12-17-27-34-41-57(62)70-47-56(77-60(65)44-37-30-23-21-25-32-39-52(5)6)50-75-79(68,69)73-46-54(61)45-72-78(66,67)74-49-55(48-71-58(63)42-35-28-22-20-24-31-38-51(3)4)76-59(64)43-36-29-19-16-14-13-15-18-26-33-40-53(7)9-2/h51-56,61H,8-50H2,1-7H3,(H,66,67)(H,68,69)/t53?,54-,55-,56-/m1/s1. The minimum atomic E-state index is -4.94. The first-order valence-corrected chi connectivity index (χ1v) is 34.4. The highest BCUT2D eigenvalue weighted by Crippen LogP contribution is 2.45.